The van der Waals surface area contributed by atoms with Gasteiger partial charge in [-0.2, -0.15) is 0 Å². The molecule has 0 bridgehead atoms. The second-order valence-electron chi connectivity index (χ2n) is 7.01. The molecule has 2 aromatic rings. The molecule has 0 unspecified atom stereocenters. The number of likely N-dealkylation sites (tertiary alicyclic amines) is 1. The molecular weight excluding hydrogens is 328 g/mol. The van der Waals surface area contributed by atoms with E-state index < -0.39 is 0 Å². The Labute approximate surface area is 153 Å². The van der Waals surface area contributed by atoms with Crippen molar-refractivity contribution in [2.24, 2.45) is 11.8 Å². The molecule has 2 aromatic carbocycles. The summed E-state index contributed by atoms with van der Waals surface area (Å²) >= 11 is 0. The lowest BCUT2D eigenvalue weighted by Crippen LogP contribution is -2.35. The van der Waals surface area contributed by atoms with Gasteiger partial charge in [0.25, 0.3) is 5.91 Å². The average Bonchev–Trinajstić information content (AvgIpc) is 3.28. The predicted octanol–water partition coefficient (Wildman–Crippen LogP) is 2.32. The molecule has 0 aliphatic carbocycles. The standard InChI is InChI=1S/C21H24N2O3/c24-21(23-12-17-10-22-11-18(17)13-23)15-26-20-8-6-19(7-9-20)25-14-16-4-2-1-3-5-16/h1-9,17-18,22H,10-15H2/t17-,18+. The monoisotopic (exact) mass is 352 g/mol. The van der Waals surface area contributed by atoms with Crippen LogP contribution in [-0.2, 0) is 11.4 Å². The molecule has 5 heteroatoms. The fourth-order valence-electron chi connectivity index (χ4n) is 3.67. The topological polar surface area (TPSA) is 50.8 Å². The van der Waals surface area contributed by atoms with Gasteiger partial charge in [-0.3, -0.25) is 4.79 Å². The Morgan fingerprint density at radius 3 is 2.19 bits per heavy atom. The number of fused-ring (bicyclic) bond motifs is 1. The van der Waals surface area contributed by atoms with Crippen LogP contribution in [0.4, 0.5) is 0 Å². The number of carbonyl (C=O) groups is 1. The normalized spacial score (nSPS) is 21.5. The van der Waals surface area contributed by atoms with Crippen LogP contribution >= 0.6 is 0 Å². The van der Waals surface area contributed by atoms with Crippen molar-refractivity contribution >= 4 is 5.91 Å². The molecule has 4 rings (SSSR count). The van der Waals surface area contributed by atoms with Gasteiger partial charge in [0, 0.05) is 26.2 Å². The van der Waals surface area contributed by atoms with Crippen molar-refractivity contribution in [3.63, 3.8) is 0 Å². The van der Waals surface area contributed by atoms with E-state index in [0.29, 0.717) is 24.2 Å². The lowest BCUT2D eigenvalue weighted by atomic mass is 10.0. The van der Waals surface area contributed by atoms with Gasteiger partial charge in [-0.05, 0) is 41.7 Å². The van der Waals surface area contributed by atoms with E-state index in [2.05, 4.69) is 5.32 Å². The highest BCUT2D eigenvalue weighted by Crippen LogP contribution is 2.26. The molecule has 0 spiro atoms. The van der Waals surface area contributed by atoms with Crippen LogP contribution in [0.3, 0.4) is 0 Å². The van der Waals surface area contributed by atoms with E-state index in [-0.39, 0.29) is 12.5 Å². The zero-order valence-corrected chi connectivity index (χ0v) is 14.8. The van der Waals surface area contributed by atoms with Crippen molar-refractivity contribution in [2.75, 3.05) is 32.8 Å². The van der Waals surface area contributed by atoms with Crippen LogP contribution < -0.4 is 14.8 Å². The summed E-state index contributed by atoms with van der Waals surface area (Å²) in [7, 11) is 0. The first kappa shape index (κ1) is 16.9. The third-order valence-corrected chi connectivity index (χ3v) is 5.18. The average molecular weight is 352 g/mol. The Kier molecular flexibility index (Phi) is 5.07. The van der Waals surface area contributed by atoms with Crippen LogP contribution in [0.15, 0.2) is 54.6 Å². The first-order chi connectivity index (χ1) is 12.8. The summed E-state index contributed by atoms with van der Waals surface area (Å²) in [6.07, 6.45) is 0. The van der Waals surface area contributed by atoms with Crippen LogP contribution in [0.2, 0.25) is 0 Å². The lowest BCUT2D eigenvalue weighted by Gasteiger charge is -2.17. The summed E-state index contributed by atoms with van der Waals surface area (Å²) < 4.78 is 11.4. The summed E-state index contributed by atoms with van der Waals surface area (Å²) in [6.45, 7) is 4.39. The molecule has 2 heterocycles. The fourth-order valence-corrected chi connectivity index (χ4v) is 3.67. The second-order valence-corrected chi connectivity index (χ2v) is 7.01. The van der Waals surface area contributed by atoms with Gasteiger partial charge in [0.2, 0.25) is 0 Å². The number of ether oxygens (including phenoxy) is 2. The van der Waals surface area contributed by atoms with Gasteiger partial charge in [-0.25, -0.2) is 0 Å². The van der Waals surface area contributed by atoms with E-state index in [4.69, 9.17) is 9.47 Å². The predicted molar refractivity (Wildman–Crippen MR) is 99.1 cm³/mol. The van der Waals surface area contributed by atoms with E-state index >= 15 is 0 Å². The van der Waals surface area contributed by atoms with E-state index in [1.165, 1.54) is 0 Å². The van der Waals surface area contributed by atoms with Crippen LogP contribution in [0, 0.1) is 11.8 Å². The van der Waals surface area contributed by atoms with Crippen molar-refractivity contribution in [1.29, 1.82) is 0 Å². The third-order valence-electron chi connectivity index (χ3n) is 5.18. The molecule has 2 fully saturated rings. The molecule has 2 atom stereocenters. The highest BCUT2D eigenvalue weighted by atomic mass is 16.5. The number of carbonyl (C=O) groups excluding carboxylic acids is 1. The molecule has 0 aromatic heterocycles. The number of nitrogens with one attached hydrogen (secondary N) is 1. The maximum atomic E-state index is 12.3. The Morgan fingerprint density at radius 2 is 1.54 bits per heavy atom. The SMILES string of the molecule is O=C(COc1ccc(OCc2ccccc2)cc1)N1C[C@H]2CNC[C@H]2C1. The molecule has 26 heavy (non-hydrogen) atoms. The van der Waals surface area contributed by atoms with Crippen LogP contribution in [0.25, 0.3) is 0 Å². The Morgan fingerprint density at radius 1 is 0.923 bits per heavy atom. The van der Waals surface area contributed by atoms with E-state index in [1.54, 1.807) is 0 Å². The molecule has 2 aliphatic rings. The summed E-state index contributed by atoms with van der Waals surface area (Å²) in [6, 6.07) is 17.5. The highest BCUT2D eigenvalue weighted by Gasteiger charge is 2.37. The molecular formula is C21H24N2O3. The first-order valence-corrected chi connectivity index (χ1v) is 9.16. The molecule has 136 valence electrons. The van der Waals surface area contributed by atoms with E-state index in [9.17, 15) is 4.79 Å². The largest absolute Gasteiger partial charge is 0.489 e. The van der Waals surface area contributed by atoms with Gasteiger partial charge in [0.15, 0.2) is 6.61 Å². The van der Waals surface area contributed by atoms with Crippen molar-refractivity contribution < 1.29 is 14.3 Å². The van der Waals surface area contributed by atoms with E-state index in [0.717, 1.165) is 37.5 Å². The van der Waals surface area contributed by atoms with Crippen molar-refractivity contribution in [3.05, 3.63) is 60.2 Å². The smallest absolute Gasteiger partial charge is 0.260 e. The van der Waals surface area contributed by atoms with Crippen LogP contribution in [0.5, 0.6) is 11.5 Å². The minimum atomic E-state index is 0.0730. The Balaban J connectivity index is 1.23. The summed E-state index contributed by atoms with van der Waals surface area (Å²) in [4.78, 5) is 14.3. The molecule has 0 radical (unpaired) electrons. The number of hydrogen-bond acceptors (Lipinski definition) is 4. The first-order valence-electron chi connectivity index (χ1n) is 9.16. The van der Waals surface area contributed by atoms with Gasteiger partial charge >= 0.3 is 0 Å². The fraction of sp³-hybridized carbons (Fsp3) is 0.381. The maximum Gasteiger partial charge on any atom is 0.260 e. The second kappa shape index (κ2) is 7.79. The third kappa shape index (κ3) is 3.99. The zero-order valence-electron chi connectivity index (χ0n) is 14.8. The minimum Gasteiger partial charge on any atom is -0.489 e. The molecule has 1 amide bonds. The molecule has 0 saturated carbocycles. The number of nitrogens with zero attached hydrogens (tertiary/aromatic N) is 1. The summed E-state index contributed by atoms with van der Waals surface area (Å²) in [5.74, 6) is 2.77. The Hall–Kier alpha value is -2.53. The van der Waals surface area contributed by atoms with Crippen molar-refractivity contribution in [3.8, 4) is 11.5 Å². The zero-order chi connectivity index (χ0) is 17.8. The van der Waals surface area contributed by atoms with Crippen molar-refractivity contribution in [1.82, 2.24) is 10.2 Å². The number of hydrogen-bond donors (Lipinski definition) is 1. The van der Waals surface area contributed by atoms with Gasteiger partial charge in [0.05, 0.1) is 0 Å². The number of benzene rings is 2. The Bertz CT molecular complexity index is 721. The van der Waals surface area contributed by atoms with Crippen LogP contribution in [0.1, 0.15) is 5.56 Å². The summed E-state index contributed by atoms with van der Waals surface area (Å²) in [5.41, 5.74) is 1.13. The lowest BCUT2D eigenvalue weighted by molar-refractivity contribution is -0.132. The van der Waals surface area contributed by atoms with Gasteiger partial charge in [-0.15, -0.1) is 0 Å². The quantitative estimate of drug-likeness (QED) is 0.867. The maximum absolute atomic E-state index is 12.3. The molecule has 2 aliphatic heterocycles. The number of amides is 1. The van der Waals surface area contributed by atoms with Gasteiger partial charge in [-0.1, -0.05) is 30.3 Å². The highest BCUT2D eigenvalue weighted by molar-refractivity contribution is 5.78. The minimum absolute atomic E-state index is 0.0730. The van der Waals surface area contributed by atoms with Gasteiger partial charge in [0.1, 0.15) is 18.1 Å². The van der Waals surface area contributed by atoms with Gasteiger partial charge < -0.3 is 19.7 Å². The summed E-state index contributed by atoms with van der Waals surface area (Å²) in [5, 5.41) is 3.39. The molecule has 5 nitrogen and oxygen atoms in total. The van der Waals surface area contributed by atoms with Crippen LogP contribution in [-0.4, -0.2) is 43.6 Å². The molecule has 1 N–H and O–H groups in total. The van der Waals surface area contributed by atoms with E-state index in [1.807, 2.05) is 59.5 Å². The number of rotatable bonds is 6. The van der Waals surface area contributed by atoms with Crippen molar-refractivity contribution in [2.45, 2.75) is 6.61 Å². The molecule has 2 saturated heterocycles.